The maximum Gasteiger partial charge on any atom is 0.317 e. The molecule has 0 aromatic carbocycles. The molecule has 0 amide bonds. The Balaban J connectivity index is 1.90. The summed E-state index contributed by atoms with van der Waals surface area (Å²) in [6.45, 7) is 5.80. The number of hydrogen-bond donors (Lipinski definition) is 1. The maximum absolute atomic E-state index is 10.7. The fourth-order valence-electron chi connectivity index (χ4n) is 2.44. The Morgan fingerprint density at radius 3 is 2.94 bits per heavy atom. The van der Waals surface area contributed by atoms with Gasteiger partial charge in [-0.25, -0.2) is 0 Å². The van der Waals surface area contributed by atoms with Gasteiger partial charge in [-0.15, -0.1) is 0 Å². The zero-order valence-corrected chi connectivity index (χ0v) is 10.7. The molecule has 1 fully saturated rings. The van der Waals surface area contributed by atoms with Crippen molar-refractivity contribution in [2.24, 2.45) is 0 Å². The Labute approximate surface area is 107 Å². The van der Waals surface area contributed by atoms with Crippen LogP contribution in [0.5, 0.6) is 0 Å². The topological polar surface area (TPSA) is 56.9 Å². The average molecular weight is 252 g/mol. The zero-order chi connectivity index (χ0) is 13.0. The van der Waals surface area contributed by atoms with Gasteiger partial charge < -0.3 is 9.52 Å². The molecule has 0 bridgehead atoms. The van der Waals surface area contributed by atoms with Gasteiger partial charge in [0.15, 0.2) is 0 Å². The van der Waals surface area contributed by atoms with Crippen LogP contribution in [0, 0.1) is 0 Å². The van der Waals surface area contributed by atoms with Gasteiger partial charge >= 0.3 is 5.97 Å². The predicted molar refractivity (Wildman–Crippen MR) is 67.4 cm³/mol. The normalized spacial score (nSPS) is 20.5. The van der Waals surface area contributed by atoms with Gasteiger partial charge in [0.05, 0.1) is 18.8 Å². The number of aliphatic carboxylic acids is 1. The van der Waals surface area contributed by atoms with Crippen LogP contribution in [0.15, 0.2) is 22.8 Å². The Morgan fingerprint density at radius 1 is 1.44 bits per heavy atom. The Hall–Kier alpha value is -1.33. The summed E-state index contributed by atoms with van der Waals surface area (Å²) in [6.07, 6.45) is 2.69. The fourth-order valence-corrected chi connectivity index (χ4v) is 2.44. The number of carboxylic acids is 1. The summed E-state index contributed by atoms with van der Waals surface area (Å²) < 4.78 is 5.43. The van der Waals surface area contributed by atoms with Crippen LogP contribution >= 0.6 is 0 Å². The average Bonchev–Trinajstić information content (AvgIpc) is 2.76. The zero-order valence-electron chi connectivity index (χ0n) is 10.7. The van der Waals surface area contributed by atoms with Crippen LogP contribution in [0.25, 0.3) is 0 Å². The molecule has 1 unspecified atom stereocenters. The monoisotopic (exact) mass is 252 g/mol. The number of furan rings is 1. The largest absolute Gasteiger partial charge is 0.480 e. The maximum atomic E-state index is 10.7. The second kappa shape index (κ2) is 6.02. The molecule has 0 spiro atoms. The molecule has 0 radical (unpaired) electrons. The third-order valence-electron chi connectivity index (χ3n) is 3.48. The molecule has 1 aromatic heterocycles. The molecule has 18 heavy (non-hydrogen) atoms. The van der Waals surface area contributed by atoms with Gasteiger partial charge in [0.1, 0.15) is 5.76 Å². The molecule has 1 N–H and O–H groups in total. The molecular formula is C13H20N2O3. The summed E-state index contributed by atoms with van der Waals surface area (Å²) in [5.74, 6) is 0.226. The van der Waals surface area contributed by atoms with E-state index in [0.717, 1.165) is 38.4 Å². The first-order chi connectivity index (χ1) is 8.66. The summed E-state index contributed by atoms with van der Waals surface area (Å²) in [5, 5.41) is 8.81. The lowest BCUT2D eigenvalue weighted by atomic mass is 10.2. The van der Waals surface area contributed by atoms with E-state index in [9.17, 15) is 4.79 Å². The molecule has 100 valence electrons. The van der Waals surface area contributed by atoms with Crippen molar-refractivity contribution in [3.8, 4) is 0 Å². The summed E-state index contributed by atoms with van der Waals surface area (Å²) in [6, 6.07) is 4.15. The smallest absolute Gasteiger partial charge is 0.317 e. The number of nitrogens with zero attached hydrogens (tertiary/aromatic N) is 2. The molecule has 5 heteroatoms. The van der Waals surface area contributed by atoms with E-state index in [1.807, 2.05) is 17.0 Å². The van der Waals surface area contributed by atoms with Crippen LogP contribution in [-0.4, -0.2) is 53.6 Å². The van der Waals surface area contributed by atoms with Crippen molar-refractivity contribution in [1.82, 2.24) is 9.80 Å². The van der Waals surface area contributed by atoms with Gasteiger partial charge in [-0.3, -0.25) is 14.6 Å². The van der Waals surface area contributed by atoms with Crippen LogP contribution in [0.3, 0.4) is 0 Å². The number of hydrogen-bond acceptors (Lipinski definition) is 4. The third-order valence-corrected chi connectivity index (χ3v) is 3.48. The minimum Gasteiger partial charge on any atom is -0.480 e. The standard InChI is InChI=1S/C13H20N2O3/c1-11(12-4-2-9-18-12)15-6-3-5-14(7-8-15)10-13(16)17/h2,4,9,11H,3,5-8,10H2,1H3,(H,16,17). The van der Waals surface area contributed by atoms with Gasteiger partial charge in [-0.1, -0.05) is 0 Å². The van der Waals surface area contributed by atoms with Crippen molar-refractivity contribution in [2.75, 3.05) is 32.7 Å². The molecule has 1 aromatic rings. The van der Waals surface area contributed by atoms with Gasteiger partial charge in [0.25, 0.3) is 0 Å². The van der Waals surface area contributed by atoms with Gasteiger partial charge in [0, 0.05) is 26.2 Å². The molecule has 1 saturated heterocycles. The van der Waals surface area contributed by atoms with Crippen molar-refractivity contribution < 1.29 is 14.3 Å². The summed E-state index contributed by atoms with van der Waals surface area (Å²) in [5.41, 5.74) is 0. The van der Waals surface area contributed by atoms with Gasteiger partial charge in [0.2, 0.25) is 0 Å². The first kappa shape index (κ1) is 13.1. The summed E-state index contributed by atoms with van der Waals surface area (Å²) in [4.78, 5) is 15.1. The first-order valence-electron chi connectivity index (χ1n) is 6.38. The Morgan fingerprint density at radius 2 is 2.28 bits per heavy atom. The van der Waals surface area contributed by atoms with Crippen molar-refractivity contribution >= 4 is 5.97 Å². The molecule has 1 aliphatic heterocycles. The van der Waals surface area contributed by atoms with E-state index >= 15 is 0 Å². The minimum atomic E-state index is -0.748. The fraction of sp³-hybridized carbons (Fsp3) is 0.615. The van der Waals surface area contributed by atoms with Gasteiger partial charge in [-0.2, -0.15) is 0 Å². The minimum absolute atomic E-state index is 0.142. The van der Waals surface area contributed by atoms with E-state index in [1.54, 1.807) is 6.26 Å². The van der Waals surface area contributed by atoms with Crippen LogP contribution < -0.4 is 0 Å². The van der Waals surface area contributed by atoms with Crippen molar-refractivity contribution in [3.63, 3.8) is 0 Å². The van der Waals surface area contributed by atoms with E-state index in [-0.39, 0.29) is 12.6 Å². The van der Waals surface area contributed by atoms with Gasteiger partial charge in [-0.05, 0) is 25.5 Å². The lowest BCUT2D eigenvalue weighted by Crippen LogP contribution is -2.34. The van der Waals surface area contributed by atoms with Crippen LogP contribution in [0.1, 0.15) is 25.1 Å². The highest BCUT2D eigenvalue weighted by atomic mass is 16.4. The lowest BCUT2D eigenvalue weighted by molar-refractivity contribution is -0.138. The summed E-state index contributed by atoms with van der Waals surface area (Å²) in [7, 11) is 0. The van der Waals surface area contributed by atoms with Crippen LogP contribution in [0.4, 0.5) is 0 Å². The molecule has 2 heterocycles. The number of rotatable bonds is 4. The molecule has 0 saturated carbocycles. The molecule has 5 nitrogen and oxygen atoms in total. The molecular weight excluding hydrogens is 232 g/mol. The van der Waals surface area contributed by atoms with Crippen LogP contribution in [-0.2, 0) is 4.79 Å². The Kier molecular flexibility index (Phi) is 4.38. The SMILES string of the molecule is CC(c1ccco1)N1CCCN(CC(=O)O)CC1. The predicted octanol–water partition coefficient (Wildman–Crippen LogP) is 1.43. The highest BCUT2D eigenvalue weighted by molar-refractivity contribution is 5.69. The quantitative estimate of drug-likeness (QED) is 0.878. The van der Waals surface area contributed by atoms with Crippen LogP contribution in [0.2, 0.25) is 0 Å². The van der Waals surface area contributed by atoms with E-state index in [0.29, 0.717) is 0 Å². The lowest BCUT2D eigenvalue weighted by Gasteiger charge is -2.26. The second-order valence-electron chi connectivity index (χ2n) is 4.75. The van der Waals surface area contributed by atoms with Crippen molar-refractivity contribution in [2.45, 2.75) is 19.4 Å². The second-order valence-corrected chi connectivity index (χ2v) is 4.75. The highest BCUT2D eigenvalue weighted by Gasteiger charge is 2.22. The van der Waals surface area contributed by atoms with Crippen molar-refractivity contribution in [1.29, 1.82) is 0 Å². The number of carbonyl (C=O) groups is 1. The molecule has 2 rings (SSSR count). The highest BCUT2D eigenvalue weighted by Crippen LogP contribution is 2.21. The van der Waals surface area contributed by atoms with E-state index < -0.39 is 5.97 Å². The molecule has 0 aliphatic carbocycles. The van der Waals surface area contributed by atoms with E-state index in [4.69, 9.17) is 9.52 Å². The first-order valence-corrected chi connectivity index (χ1v) is 6.38. The Bertz CT molecular complexity index is 378. The molecule has 1 atom stereocenters. The molecule has 1 aliphatic rings. The van der Waals surface area contributed by atoms with E-state index in [1.165, 1.54) is 0 Å². The van der Waals surface area contributed by atoms with E-state index in [2.05, 4.69) is 11.8 Å². The summed E-state index contributed by atoms with van der Waals surface area (Å²) >= 11 is 0. The number of carboxylic acid groups (broad SMARTS) is 1. The van der Waals surface area contributed by atoms with Crippen molar-refractivity contribution in [3.05, 3.63) is 24.2 Å². The third kappa shape index (κ3) is 3.34.